The number of rotatable bonds is 7. The Hall–Kier alpha value is -1.11. The van der Waals surface area contributed by atoms with Crippen LogP contribution in [0, 0.1) is 0 Å². The normalized spacial score (nSPS) is 13.4. The van der Waals surface area contributed by atoms with Gasteiger partial charge in [0.15, 0.2) is 0 Å². The molecule has 0 heterocycles. The third kappa shape index (κ3) is 4.81. The third-order valence-corrected chi connectivity index (χ3v) is 4.40. The van der Waals surface area contributed by atoms with Crippen molar-refractivity contribution in [2.24, 2.45) is 0 Å². The van der Waals surface area contributed by atoms with E-state index in [2.05, 4.69) is 4.72 Å². The number of hydrogen-bond donors (Lipinski definition) is 3. The first-order valence-electron chi connectivity index (χ1n) is 6.43. The summed E-state index contributed by atoms with van der Waals surface area (Å²) in [5.41, 5.74) is 6.83. The smallest absolute Gasteiger partial charge is 0.240 e. The highest BCUT2D eigenvalue weighted by Crippen LogP contribution is 2.19. The van der Waals surface area contributed by atoms with Crippen molar-refractivity contribution in [2.45, 2.75) is 44.1 Å². The Labute approximate surface area is 114 Å². The van der Waals surface area contributed by atoms with E-state index in [9.17, 15) is 8.42 Å². The number of nitrogen functional groups attached to an aromatic ring is 1. The third-order valence-electron chi connectivity index (χ3n) is 2.85. The molecule has 0 aliphatic heterocycles. The molecule has 0 amide bonds. The van der Waals surface area contributed by atoms with Crippen LogP contribution in [0.15, 0.2) is 23.1 Å². The van der Waals surface area contributed by atoms with Crippen LogP contribution in [0.25, 0.3) is 0 Å². The number of sulfonamides is 1. The Bertz CT molecular complexity index is 513. The maximum Gasteiger partial charge on any atom is 0.240 e. The van der Waals surface area contributed by atoms with Gasteiger partial charge in [-0.25, -0.2) is 13.1 Å². The molecule has 1 unspecified atom stereocenters. The largest absolute Gasteiger partial charge is 0.399 e. The fourth-order valence-corrected chi connectivity index (χ4v) is 3.21. The van der Waals surface area contributed by atoms with Crippen molar-refractivity contribution in [3.8, 4) is 0 Å². The molecule has 0 aliphatic rings. The van der Waals surface area contributed by atoms with Crippen LogP contribution in [0.1, 0.15) is 32.3 Å². The summed E-state index contributed by atoms with van der Waals surface area (Å²) in [6.45, 7) is 3.89. The van der Waals surface area contributed by atoms with Gasteiger partial charge < -0.3 is 10.8 Å². The average molecular weight is 286 g/mol. The highest BCUT2D eigenvalue weighted by Gasteiger charge is 2.17. The molecule has 0 saturated carbocycles. The van der Waals surface area contributed by atoms with E-state index in [1.54, 1.807) is 19.1 Å². The van der Waals surface area contributed by atoms with Crippen molar-refractivity contribution in [3.63, 3.8) is 0 Å². The highest BCUT2D eigenvalue weighted by molar-refractivity contribution is 7.89. The first-order chi connectivity index (χ1) is 8.86. The predicted octanol–water partition coefficient (Wildman–Crippen LogP) is 1.27. The van der Waals surface area contributed by atoms with Crippen LogP contribution in [0.2, 0.25) is 0 Å². The number of hydrogen-bond acceptors (Lipinski definition) is 4. The zero-order valence-corrected chi connectivity index (χ0v) is 12.2. The Balaban J connectivity index is 2.79. The van der Waals surface area contributed by atoms with E-state index in [4.69, 9.17) is 10.8 Å². The lowest BCUT2D eigenvalue weighted by molar-refractivity contribution is 0.182. The summed E-state index contributed by atoms with van der Waals surface area (Å²) in [5, 5.41) is 9.12. The molecule has 1 aromatic carbocycles. The van der Waals surface area contributed by atoms with Crippen molar-refractivity contribution < 1.29 is 13.5 Å². The average Bonchev–Trinajstić information content (AvgIpc) is 2.34. The maximum absolute atomic E-state index is 12.2. The molecule has 1 aromatic rings. The maximum atomic E-state index is 12.2. The van der Waals surface area contributed by atoms with Gasteiger partial charge in [0.2, 0.25) is 10.0 Å². The second kappa shape index (κ2) is 6.88. The molecule has 0 radical (unpaired) electrons. The molecule has 1 atom stereocenters. The summed E-state index contributed by atoms with van der Waals surface area (Å²) < 4.78 is 26.9. The van der Waals surface area contributed by atoms with E-state index in [0.717, 1.165) is 5.56 Å². The molecular weight excluding hydrogens is 264 g/mol. The minimum absolute atomic E-state index is 0.243. The number of benzene rings is 1. The van der Waals surface area contributed by atoms with Crippen molar-refractivity contribution in [3.05, 3.63) is 23.8 Å². The van der Waals surface area contributed by atoms with Gasteiger partial charge in [-0.3, -0.25) is 0 Å². The van der Waals surface area contributed by atoms with E-state index in [1.165, 1.54) is 6.07 Å². The topological polar surface area (TPSA) is 92.4 Å². The van der Waals surface area contributed by atoms with Crippen molar-refractivity contribution in [1.29, 1.82) is 0 Å². The van der Waals surface area contributed by atoms with Gasteiger partial charge in [-0.2, -0.15) is 0 Å². The van der Waals surface area contributed by atoms with Gasteiger partial charge in [-0.15, -0.1) is 0 Å². The Morgan fingerprint density at radius 1 is 1.42 bits per heavy atom. The number of nitrogens with one attached hydrogen (secondary N) is 1. The molecule has 0 bridgehead atoms. The summed E-state index contributed by atoms with van der Waals surface area (Å²) in [7, 11) is -3.54. The van der Waals surface area contributed by atoms with Gasteiger partial charge in [0.05, 0.1) is 11.0 Å². The Morgan fingerprint density at radius 3 is 2.68 bits per heavy atom. The molecule has 0 saturated heterocycles. The van der Waals surface area contributed by atoms with E-state index in [0.29, 0.717) is 31.5 Å². The number of aryl methyl sites for hydroxylation is 1. The number of aliphatic hydroxyl groups excluding tert-OH is 1. The first-order valence-corrected chi connectivity index (χ1v) is 7.91. The van der Waals surface area contributed by atoms with E-state index >= 15 is 0 Å². The van der Waals surface area contributed by atoms with Crippen LogP contribution in [0.3, 0.4) is 0 Å². The minimum atomic E-state index is -3.54. The minimum Gasteiger partial charge on any atom is -0.399 e. The van der Waals surface area contributed by atoms with Gasteiger partial charge in [0, 0.05) is 12.2 Å². The van der Waals surface area contributed by atoms with E-state index in [1.807, 2.05) is 6.92 Å². The molecule has 5 nitrogen and oxygen atoms in total. The van der Waals surface area contributed by atoms with Crippen LogP contribution < -0.4 is 10.5 Å². The van der Waals surface area contributed by atoms with Crippen LogP contribution in [-0.4, -0.2) is 26.2 Å². The summed E-state index contributed by atoms with van der Waals surface area (Å²) in [5.74, 6) is 0. The molecule has 1 rings (SSSR count). The van der Waals surface area contributed by atoms with Crippen LogP contribution in [-0.2, 0) is 16.4 Å². The van der Waals surface area contributed by atoms with Crippen LogP contribution in [0.5, 0.6) is 0 Å². The number of aliphatic hydroxyl groups is 1. The second-order valence-corrected chi connectivity index (χ2v) is 6.35. The quantitative estimate of drug-likeness (QED) is 0.520. The molecule has 6 heteroatoms. The van der Waals surface area contributed by atoms with Gasteiger partial charge in [-0.05, 0) is 43.9 Å². The lowest BCUT2D eigenvalue weighted by atomic mass is 10.1. The fraction of sp³-hybridized carbons (Fsp3) is 0.538. The molecule has 0 aliphatic carbocycles. The highest BCUT2D eigenvalue weighted by atomic mass is 32.2. The summed E-state index contributed by atoms with van der Waals surface area (Å²) in [4.78, 5) is 0.243. The predicted molar refractivity (Wildman–Crippen MR) is 76.3 cm³/mol. The van der Waals surface area contributed by atoms with Crippen molar-refractivity contribution >= 4 is 15.7 Å². The SMILES string of the molecule is CCc1ccc(N)cc1S(=O)(=O)NCCCC(C)O. The zero-order valence-electron chi connectivity index (χ0n) is 11.4. The molecule has 0 fully saturated rings. The zero-order chi connectivity index (χ0) is 14.5. The van der Waals surface area contributed by atoms with Crippen LogP contribution in [0.4, 0.5) is 5.69 Å². The molecule has 4 N–H and O–H groups in total. The monoisotopic (exact) mass is 286 g/mol. The Kier molecular flexibility index (Phi) is 5.78. The van der Waals surface area contributed by atoms with Gasteiger partial charge in [0.1, 0.15) is 0 Å². The summed E-state index contributed by atoms with van der Waals surface area (Å²) in [6, 6.07) is 4.92. The van der Waals surface area contributed by atoms with E-state index < -0.39 is 16.1 Å². The Morgan fingerprint density at radius 2 is 2.11 bits per heavy atom. The van der Waals surface area contributed by atoms with Crippen LogP contribution >= 0.6 is 0 Å². The lowest BCUT2D eigenvalue weighted by Gasteiger charge is -2.11. The summed E-state index contributed by atoms with van der Waals surface area (Å²) >= 11 is 0. The number of anilines is 1. The summed E-state index contributed by atoms with van der Waals surface area (Å²) in [6.07, 6.45) is 1.38. The molecule has 0 spiro atoms. The van der Waals surface area contributed by atoms with E-state index in [-0.39, 0.29) is 4.90 Å². The van der Waals surface area contributed by atoms with Crippen molar-refractivity contribution in [2.75, 3.05) is 12.3 Å². The van der Waals surface area contributed by atoms with Gasteiger partial charge in [-0.1, -0.05) is 13.0 Å². The lowest BCUT2D eigenvalue weighted by Crippen LogP contribution is -2.26. The molecule has 19 heavy (non-hydrogen) atoms. The molecular formula is C13H22N2O3S. The molecule has 108 valence electrons. The molecule has 0 aromatic heterocycles. The van der Waals surface area contributed by atoms with Gasteiger partial charge in [0.25, 0.3) is 0 Å². The number of nitrogens with two attached hydrogens (primary N) is 1. The van der Waals surface area contributed by atoms with Gasteiger partial charge >= 0.3 is 0 Å². The standard InChI is InChI=1S/C13H22N2O3S/c1-3-11-6-7-12(14)9-13(11)19(17,18)15-8-4-5-10(2)16/h6-7,9-10,15-16H,3-5,8,14H2,1-2H3. The first kappa shape index (κ1) is 15.9. The second-order valence-electron chi connectivity index (χ2n) is 4.61. The van der Waals surface area contributed by atoms with Crippen molar-refractivity contribution in [1.82, 2.24) is 4.72 Å². The fourth-order valence-electron chi connectivity index (χ4n) is 1.80.